The van der Waals surface area contributed by atoms with E-state index in [4.69, 9.17) is 14.0 Å². The van der Waals surface area contributed by atoms with Crippen molar-refractivity contribution in [2.45, 2.75) is 18.9 Å². The Morgan fingerprint density at radius 2 is 1.97 bits per heavy atom. The van der Waals surface area contributed by atoms with Crippen LogP contribution in [0.1, 0.15) is 35.1 Å². The third-order valence-corrected chi connectivity index (χ3v) is 5.51. The summed E-state index contributed by atoms with van der Waals surface area (Å²) >= 11 is 3.42. The fourth-order valence-electron chi connectivity index (χ4n) is 3.48. The molecule has 0 bridgehead atoms. The van der Waals surface area contributed by atoms with Crippen LogP contribution < -0.4 is 9.47 Å². The van der Waals surface area contributed by atoms with Crippen molar-refractivity contribution in [1.29, 1.82) is 0 Å². The van der Waals surface area contributed by atoms with Crippen LogP contribution in [-0.4, -0.2) is 41.7 Å². The van der Waals surface area contributed by atoms with Crippen molar-refractivity contribution >= 4 is 21.8 Å². The number of nitrogens with zero attached hydrogens (tertiary/aromatic N) is 3. The first-order valence-electron chi connectivity index (χ1n) is 9.23. The molecule has 0 saturated carbocycles. The number of halogens is 1. The molecule has 7 nitrogen and oxygen atoms in total. The van der Waals surface area contributed by atoms with Gasteiger partial charge in [0.2, 0.25) is 11.7 Å². The lowest BCUT2D eigenvalue weighted by Gasteiger charge is -2.23. The maximum atomic E-state index is 13.2. The van der Waals surface area contributed by atoms with E-state index in [1.807, 2.05) is 24.3 Å². The highest BCUT2D eigenvalue weighted by Gasteiger charge is 2.35. The molecule has 0 N–H and O–H groups in total. The van der Waals surface area contributed by atoms with Gasteiger partial charge in [-0.25, -0.2) is 0 Å². The Morgan fingerprint density at radius 1 is 1.17 bits per heavy atom. The summed E-state index contributed by atoms with van der Waals surface area (Å²) in [5.41, 5.74) is 1.34. The van der Waals surface area contributed by atoms with Crippen LogP contribution in [0.5, 0.6) is 11.5 Å². The first-order valence-corrected chi connectivity index (χ1v) is 10.0. The third kappa shape index (κ3) is 3.85. The monoisotopic (exact) mass is 457 g/mol. The highest BCUT2D eigenvalue weighted by atomic mass is 79.9. The normalized spacial score (nSPS) is 16.1. The van der Waals surface area contributed by atoms with Gasteiger partial charge in [0, 0.05) is 22.6 Å². The van der Waals surface area contributed by atoms with Crippen LogP contribution >= 0.6 is 15.9 Å². The smallest absolute Gasteiger partial charge is 0.258 e. The summed E-state index contributed by atoms with van der Waals surface area (Å²) < 4.78 is 17.1. The number of hydrogen-bond acceptors (Lipinski definition) is 6. The summed E-state index contributed by atoms with van der Waals surface area (Å²) in [6.45, 7) is 0.620. The van der Waals surface area contributed by atoms with E-state index in [9.17, 15) is 4.79 Å². The molecule has 1 aliphatic rings. The zero-order valence-electron chi connectivity index (χ0n) is 16.1. The second-order valence-corrected chi connectivity index (χ2v) is 7.60. The Balaban J connectivity index is 1.60. The molecule has 1 atom stereocenters. The molecule has 8 heteroatoms. The molecule has 3 aromatic rings. The maximum Gasteiger partial charge on any atom is 0.258 e. The molecule has 2 aromatic carbocycles. The Kier molecular flexibility index (Phi) is 5.53. The van der Waals surface area contributed by atoms with Crippen LogP contribution in [0, 0.1) is 0 Å². The lowest BCUT2D eigenvalue weighted by Crippen LogP contribution is -2.31. The number of methoxy groups -OCH3 is 2. The first kappa shape index (κ1) is 19.4. The highest BCUT2D eigenvalue weighted by molar-refractivity contribution is 9.10. The van der Waals surface area contributed by atoms with Crippen molar-refractivity contribution in [3.8, 4) is 22.9 Å². The van der Waals surface area contributed by atoms with Gasteiger partial charge in [0.25, 0.3) is 5.91 Å². The number of likely N-dealkylation sites (tertiary alicyclic amines) is 1. The molecule has 1 aromatic heterocycles. The standard InChI is InChI=1S/C21H20BrN3O4/c1-27-15-9-10-16(18(12-15)28-2)21(26)25-11-3-4-17(25)20-23-19(24-29-20)13-5-7-14(22)8-6-13/h5-10,12,17H,3-4,11H2,1-2H3. The van der Waals surface area contributed by atoms with E-state index in [0.717, 1.165) is 22.9 Å². The van der Waals surface area contributed by atoms with E-state index in [1.54, 1.807) is 30.2 Å². The molecule has 1 unspecified atom stereocenters. The van der Waals surface area contributed by atoms with Crippen LogP contribution in [0.2, 0.25) is 0 Å². The van der Waals surface area contributed by atoms with Crippen LogP contribution in [0.4, 0.5) is 0 Å². The topological polar surface area (TPSA) is 77.7 Å². The minimum absolute atomic E-state index is 0.129. The maximum absolute atomic E-state index is 13.2. The average molecular weight is 458 g/mol. The quantitative estimate of drug-likeness (QED) is 0.561. The number of carbonyl (C=O) groups excluding carboxylic acids is 1. The molecule has 1 saturated heterocycles. The lowest BCUT2D eigenvalue weighted by molar-refractivity contribution is 0.0706. The van der Waals surface area contributed by atoms with Crippen LogP contribution in [0.15, 0.2) is 51.5 Å². The molecule has 1 aliphatic heterocycles. The van der Waals surface area contributed by atoms with Crippen molar-refractivity contribution in [3.05, 3.63) is 58.4 Å². The second-order valence-electron chi connectivity index (χ2n) is 6.69. The molecule has 4 rings (SSSR count). The van der Waals surface area contributed by atoms with Gasteiger partial charge in [0.15, 0.2) is 0 Å². The van der Waals surface area contributed by atoms with Gasteiger partial charge in [-0.05, 0) is 49.2 Å². The summed E-state index contributed by atoms with van der Waals surface area (Å²) in [4.78, 5) is 19.6. The Hall–Kier alpha value is -2.87. The molecular weight excluding hydrogens is 438 g/mol. The van der Waals surface area contributed by atoms with Gasteiger partial charge in [-0.15, -0.1) is 0 Å². The summed E-state index contributed by atoms with van der Waals surface area (Å²) in [6.07, 6.45) is 1.64. The number of amides is 1. The van der Waals surface area contributed by atoms with Crippen molar-refractivity contribution < 1.29 is 18.8 Å². The minimum atomic E-state index is -0.258. The van der Waals surface area contributed by atoms with Gasteiger partial charge >= 0.3 is 0 Å². The van der Waals surface area contributed by atoms with Crippen LogP contribution in [0.25, 0.3) is 11.4 Å². The largest absolute Gasteiger partial charge is 0.497 e. The van der Waals surface area contributed by atoms with E-state index in [2.05, 4.69) is 26.1 Å². The number of carbonyl (C=O) groups is 1. The van der Waals surface area contributed by atoms with E-state index >= 15 is 0 Å². The number of aromatic nitrogens is 2. The van der Waals surface area contributed by atoms with Crippen molar-refractivity contribution in [2.75, 3.05) is 20.8 Å². The van der Waals surface area contributed by atoms with Gasteiger partial charge in [0.1, 0.15) is 17.5 Å². The van der Waals surface area contributed by atoms with Crippen LogP contribution in [0.3, 0.4) is 0 Å². The fraction of sp³-hybridized carbons (Fsp3) is 0.286. The molecule has 1 fully saturated rings. The second kappa shape index (κ2) is 8.24. The van der Waals surface area contributed by atoms with Gasteiger partial charge < -0.3 is 18.9 Å². The van der Waals surface area contributed by atoms with E-state index in [0.29, 0.717) is 35.3 Å². The molecular formula is C21H20BrN3O4. The fourth-order valence-corrected chi connectivity index (χ4v) is 3.75. The Morgan fingerprint density at radius 3 is 2.69 bits per heavy atom. The molecule has 2 heterocycles. The molecule has 1 amide bonds. The molecule has 150 valence electrons. The Bertz CT molecular complexity index is 1020. The van der Waals surface area contributed by atoms with E-state index < -0.39 is 0 Å². The molecule has 0 spiro atoms. The predicted octanol–water partition coefficient (Wildman–Crippen LogP) is 4.49. The lowest BCUT2D eigenvalue weighted by atomic mass is 10.1. The SMILES string of the molecule is COc1ccc(C(=O)N2CCCC2c2nc(-c3ccc(Br)cc3)no2)c(OC)c1. The highest BCUT2D eigenvalue weighted by Crippen LogP contribution is 2.35. The van der Waals surface area contributed by atoms with Gasteiger partial charge in [0.05, 0.1) is 19.8 Å². The number of hydrogen-bond donors (Lipinski definition) is 0. The summed E-state index contributed by atoms with van der Waals surface area (Å²) in [7, 11) is 3.11. The van der Waals surface area contributed by atoms with Crippen molar-refractivity contribution in [2.24, 2.45) is 0 Å². The summed E-state index contributed by atoms with van der Waals surface area (Å²) in [5, 5.41) is 4.10. The predicted molar refractivity (Wildman–Crippen MR) is 110 cm³/mol. The van der Waals surface area contributed by atoms with E-state index in [-0.39, 0.29) is 11.9 Å². The van der Waals surface area contributed by atoms with Gasteiger partial charge in [-0.1, -0.05) is 21.1 Å². The number of benzene rings is 2. The number of rotatable bonds is 5. The first-order chi connectivity index (χ1) is 14.1. The average Bonchev–Trinajstić information content (AvgIpc) is 3.42. The molecule has 0 radical (unpaired) electrons. The summed E-state index contributed by atoms with van der Waals surface area (Å²) in [5.74, 6) is 1.93. The number of ether oxygens (including phenoxy) is 2. The third-order valence-electron chi connectivity index (χ3n) is 4.98. The van der Waals surface area contributed by atoms with E-state index in [1.165, 1.54) is 7.11 Å². The zero-order valence-corrected chi connectivity index (χ0v) is 17.7. The molecule has 29 heavy (non-hydrogen) atoms. The van der Waals surface area contributed by atoms with Crippen LogP contribution in [-0.2, 0) is 0 Å². The minimum Gasteiger partial charge on any atom is -0.497 e. The molecule has 0 aliphatic carbocycles. The zero-order chi connectivity index (χ0) is 20.4. The van der Waals surface area contributed by atoms with Crippen molar-refractivity contribution in [1.82, 2.24) is 15.0 Å². The van der Waals surface area contributed by atoms with Crippen molar-refractivity contribution in [3.63, 3.8) is 0 Å². The Labute approximate surface area is 176 Å². The van der Waals surface area contributed by atoms with Gasteiger partial charge in [-0.3, -0.25) is 4.79 Å². The van der Waals surface area contributed by atoms with Gasteiger partial charge in [-0.2, -0.15) is 4.98 Å². The summed E-state index contributed by atoms with van der Waals surface area (Å²) in [6, 6.07) is 12.6.